The summed E-state index contributed by atoms with van der Waals surface area (Å²) in [6.45, 7) is 2.34. The molecule has 0 bridgehead atoms. The third-order valence-electron chi connectivity index (χ3n) is 5.83. The summed E-state index contributed by atoms with van der Waals surface area (Å²) >= 11 is 0. The van der Waals surface area contributed by atoms with E-state index >= 15 is 0 Å². The third kappa shape index (κ3) is 5.05. The van der Waals surface area contributed by atoms with Crippen LogP contribution in [-0.2, 0) is 4.79 Å². The number of likely N-dealkylation sites (tertiary alicyclic amines) is 1. The van der Waals surface area contributed by atoms with Crippen molar-refractivity contribution in [2.24, 2.45) is 5.73 Å². The van der Waals surface area contributed by atoms with Crippen LogP contribution in [0.1, 0.15) is 62.8 Å². The zero-order chi connectivity index (χ0) is 17.5. The highest BCUT2D eigenvalue weighted by molar-refractivity contribution is 5.82. The Morgan fingerprint density at radius 2 is 1.72 bits per heavy atom. The van der Waals surface area contributed by atoms with E-state index in [4.69, 9.17) is 5.73 Å². The second kappa shape index (κ2) is 9.35. The van der Waals surface area contributed by atoms with Crippen molar-refractivity contribution in [2.45, 2.75) is 69.4 Å². The van der Waals surface area contributed by atoms with E-state index in [-0.39, 0.29) is 5.91 Å². The molecule has 4 heteroatoms. The van der Waals surface area contributed by atoms with Crippen LogP contribution in [0.2, 0.25) is 0 Å². The molecule has 1 saturated heterocycles. The fourth-order valence-corrected chi connectivity index (χ4v) is 4.37. The van der Waals surface area contributed by atoms with Crippen molar-refractivity contribution in [1.29, 1.82) is 0 Å². The molecule has 138 valence electrons. The molecule has 1 aliphatic carbocycles. The molecule has 1 aromatic carbocycles. The van der Waals surface area contributed by atoms with Crippen LogP contribution >= 0.6 is 0 Å². The first-order valence-corrected chi connectivity index (χ1v) is 10.1. The Kier molecular flexibility index (Phi) is 6.88. The van der Waals surface area contributed by atoms with Crippen LogP contribution in [-0.4, -0.2) is 42.5 Å². The number of benzene rings is 1. The van der Waals surface area contributed by atoms with Crippen molar-refractivity contribution < 1.29 is 4.79 Å². The molecule has 0 aromatic heterocycles. The molecule has 2 aliphatic rings. The number of rotatable bonds is 5. The van der Waals surface area contributed by atoms with E-state index in [1.54, 1.807) is 0 Å². The van der Waals surface area contributed by atoms with Crippen LogP contribution in [0.4, 0.5) is 0 Å². The standard InChI is InChI=1S/C21H33N3O/c22-19(21(25)24-14-8-3-9-15-24)16-23-20-13-7-2-6-12-18(20)17-10-4-1-5-11-17/h1,4-5,10-11,18-20,23H,2-3,6-9,12-16,22H2. The molecule has 0 radical (unpaired) electrons. The van der Waals surface area contributed by atoms with Crippen LogP contribution < -0.4 is 11.1 Å². The number of nitrogens with two attached hydrogens (primary N) is 1. The number of amides is 1. The maximum Gasteiger partial charge on any atom is 0.240 e. The van der Waals surface area contributed by atoms with Crippen molar-refractivity contribution in [3.8, 4) is 0 Å². The zero-order valence-corrected chi connectivity index (χ0v) is 15.3. The average Bonchev–Trinajstić information content (AvgIpc) is 2.92. The smallest absolute Gasteiger partial charge is 0.240 e. The van der Waals surface area contributed by atoms with Gasteiger partial charge in [-0.3, -0.25) is 4.79 Å². The van der Waals surface area contributed by atoms with E-state index in [1.807, 2.05) is 4.90 Å². The quantitative estimate of drug-likeness (QED) is 0.808. The van der Waals surface area contributed by atoms with Gasteiger partial charge in [0.05, 0.1) is 6.04 Å². The van der Waals surface area contributed by atoms with Gasteiger partial charge in [0, 0.05) is 25.7 Å². The molecule has 1 aliphatic heterocycles. The van der Waals surface area contributed by atoms with E-state index in [2.05, 4.69) is 35.6 Å². The van der Waals surface area contributed by atoms with Gasteiger partial charge >= 0.3 is 0 Å². The van der Waals surface area contributed by atoms with Crippen molar-refractivity contribution in [1.82, 2.24) is 10.2 Å². The van der Waals surface area contributed by atoms with Crippen molar-refractivity contribution in [3.05, 3.63) is 35.9 Å². The van der Waals surface area contributed by atoms with Crippen LogP contribution in [0, 0.1) is 0 Å². The number of piperidine rings is 1. The van der Waals surface area contributed by atoms with Gasteiger partial charge in [-0.05, 0) is 43.6 Å². The summed E-state index contributed by atoms with van der Waals surface area (Å²) in [5, 5.41) is 3.66. The second-order valence-electron chi connectivity index (χ2n) is 7.66. The molecule has 0 spiro atoms. The Labute approximate surface area is 152 Å². The van der Waals surface area contributed by atoms with Gasteiger partial charge in [-0.1, -0.05) is 49.6 Å². The number of nitrogens with one attached hydrogen (secondary N) is 1. The maximum absolute atomic E-state index is 12.6. The van der Waals surface area contributed by atoms with Gasteiger partial charge in [0.15, 0.2) is 0 Å². The Balaban J connectivity index is 1.58. The van der Waals surface area contributed by atoms with E-state index in [0.29, 0.717) is 18.5 Å². The van der Waals surface area contributed by atoms with Crippen molar-refractivity contribution in [3.63, 3.8) is 0 Å². The zero-order valence-electron chi connectivity index (χ0n) is 15.3. The normalized spacial score (nSPS) is 26.0. The van der Waals surface area contributed by atoms with Gasteiger partial charge in [0.2, 0.25) is 5.91 Å². The first-order chi connectivity index (χ1) is 12.3. The lowest BCUT2D eigenvalue weighted by Gasteiger charge is -2.31. The van der Waals surface area contributed by atoms with E-state index in [0.717, 1.165) is 25.9 Å². The lowest BCUT2D eigenvalue weighted by Crippen LogP contribution is -2.52. The molecule has 3 rings (SSSR count). The molecule has 3 N–H and O–H groups in total. The van der Waals surface area contributed by atoms with Crippen molar-refractivity contribution >= 4 is 5.91 Å². The van der Waals surface area contributed by atoms with Crippen LogP contribution in [0.15, 0.2) is 30.3 Å². The van der Waals surface area contributed by atoms with Crippen LogP contribution in [0.25, 0.3) is 0 Å². The van der Waals surface area contributed by atoms with Gasteiger partial charge in [0.25, 0.3) is 0 Å². The maximum atomic E-state index is 12.6. The van der Waals surface area contributed by atoms with Gasteiger partial charge < -0.3 is 16.0 Å². The molecule has 3 atom stereocenters. The summed E-state index contributed by atoms with van der Waals surface area (Å²) in [5.74, 6) is 0.651. The number of hydrogen-bond acceptors (Lipinski definition) is 3. The minimum Gasteiger partial charge on any atom is -0.341 e. The van der Waals surface area contributed by atoms with Crippen LogP contribution in [0.5, 0.6) is 0 Å². The lowest BCUT2D eigenvalue weighted by atomic mass is 9.87. The third-order valence-corrected chi connectivity index (χ3v) is 5.83. The average molecular weight is 344 g/mol. The molecule has 25 heavy (non-hydrogen) atoms. The SMILES string of the molecule is NC(CNC1CCCCCC1c1ccccc1)C(=O)N1CCCCC1. The highest BCUT2D eigenvalue weighted by Crippen LogP contribution is 2.31. The van der Waals surface area contributed by atoms with Crippen LogP contribution in [0.3, 0.4) is 0 Å². The summed E-state index contributed by atoms with van der Waals surface area (Å²) in [4.78, 5) is 14.5. The van der Waals surface area contributed by atoms with Gasteiger partial charge in [-0.25, -0.2) is 0 Å². The predicted molar refractivity (Wildman–Crippen MR) is 102 cm³/mol. The van der Waals surface area contributed by atoms with E-state index in [9.17, 15) is 4.79 Å². The molecule has 1 amide bonds. The Bertz CT molecular complexity index is 527. The highest BCUT2D eigenvalue weighted by Gasteiger charge is 2.27. The first-order valence-electron chi connectivity index (χ1n) is 10.1. The van der Waals surface area contributed by atoms with Gasteiger partial charge in [0.1, 0.15) is 0 Å². The number of carbonyl (C=O) groups is 1. The summed E-state index contributed by atoms with van der Waals surface area (Å²) in [7, 11) is 0. The molecule has 2 fully saturated rings. The Morgan fingerprint density at radius 3 is 2.48 bits per heavy atom. The Morgan fingerprint density at radius 1 is 1.04 bits per heavy atom. The molecular weight excluding hydrogens is 310 g/mol. The molecule has 1 saturated carbocycles. The summed E-state index contributed by atoms with van der Waals surface area (Å²) in [5.41, 5.74) is 7.65. The Hall–Kier alpha value is -1.39. The number of nitrogens with zero attached hydrogens (tertiary/aromatic N) is 1. The van der Waals surface area contributed by atoms with E-state index in [1.165, 1.54) is 44.1 Å². The molecule has 1 aromatic rings. The second-order valence-corrected chi connectivity index (χ2v) is 7.66. The highest BCUT2D eigenvalue weighted by atomic mass is 16.2. The predicted octanol–water partition coefficient (Wildman–Crippen LogP) is 3.03. The fourth-order valence-electron chi connectivity index (χ4n) is 4.37. The molecular formula is C21H33N3O. The fraction of sp³-hybridized carbons (Fsp3) is 0.667. The topological polar surface area (TPSA) is 58.4 Å². The summed E-state index contributed by atoms with van der Waals surface area (Å²) in [6, 6.07) is 10.8. The molecule has 4 nitrogen and oxygen atoms in total. The number of carbonyl (C=O) groups excluding carboxylic acids is 1. The monoisotopic (exact) mass is 343 g/mol. The van der Waals surface area contributed by atoms with Crippen molar-refractivity contribution in [2.75, 3.05) is 19.6 Å². The minimum atomic E-state index is -0.419. The summed E-state index contributed by atoms with van der Waals surface area (Å²) < 4.78 is 0. The van der Waals surface area contributed by atoms with Gasteiger partial charge in [-0.2, -0.15) is 0 Å². The minimum absolute atomic E-state index is 0.122. The van der Waals surface area contributed by atoms with E-state index < -0.39 is 6.04 Å². The number of hydrogen-bond donors (Lipinski definition) is 2. The largest absolute Gasteiger partial charge is 0.341 e. The molecule has 3 unspecified atom stereocenters. The van der Waals surface area contributed by atoms with Gasteiger partial charge in [-0.15, -0.1) is 0 Å². The molecule has 1 heterocycles. The first kappa shape index (κ1) is 18.4. The summed E-state index contributed by atoms with van der Waals surface area (Å²) in [6.07, 6.45) is 9.71. The lowest BCUT2D eigenvalue weighted by molar-refractivity contribution is -0.133.